The van der Waals surface area contributed by atoms with Gasteiger partial charge in [-0.1, -0.05) is 12.1 Å². The summed E-state index contributed by atoms with van der Waals surface area (Å²) in [4.78, 5) is 3.98. The first-order valence-electron chi connectivity index (χ1n) is 8.50. The van der Waals surface area contributed by atoms with Crippen molar-refractivity contribution in [3.8, 4) is 0 Å². The first-order chi connectivity index (χ1) is 12.5. The summed E-state index contributed by atoms with van der Waals surface area (Å²) < 4.78 is 69.9. The van der Waals surface area contributed by atoms with Crippen molar-refractivity contribution >= 4 is 9.84 Å². The van der Waals surface area contributed by atoms with Gasteiger partial charge in [-0.25, -0.2) is 8.42 Å². The van der Waals surface area contributed by atoms with Crippen LogP contribution in [0.5, 0.6) is 0 Å². The van der Waals surface area contributed by atoms with Gasteiger partial charge in [0, 0.05) is 12.8 Å². The molecule has 0 N–H and O–H groups in total. The lowest BCUT2D eigenvalue weighted by Crippen LogP contribution is -2.42. The third kappa shape index (κ3) is 3.73. The normalized spacial score (nSPS) is 24.0. The number of hydrogen-bond donors (Lipinski definition) is 0. The van der Waals surface area contributed by atoms with Gasteiger partial charge in [0.15, 0.2) is 9.84 Å². The number of halogens is 3. The van der Waals surface area contributed by atoms with E-state index in [-0.39, 0.29) is 24.3 Å². The van der Waals surface area contributed by atoms with E-state index < -0.39 is 32.4 Å². The van der Waals surface area contributed by atoms with Crippen LogP contribution in [-0.4, -0.2) is 24.8 Å². The number of hydrogen-bond acceptors (Lipinski definition) is 4. The van der Waals surface area contributed by atoms with Gasteiger partial charge in [-0.3, -0.25) is 4.98 Å². The Kier molecular flexibility index (Phi) is 5.07. The van der Waals surface area contributed by atoms with E-state index in [1.807, 2.05) is 13.0 Å². The molecule has 1 aliphatic rings. The summed E-state index contributed by atoms with van der Waals surface area (Å²) in [5.74, 6) is 0. The first kappa shape index (κ1) is 19.8. The van der Waals surface area contributed by atoms with Crippen LogP contribution in [0.4, 0.5) is 13.2 Å². The molecule has 3 rings (SSSR count). The molecule has 1 fully saturated rings. The zero-order valence-electron chi connectivity index (χ0n) is 15.0. The van der Waals surface area contributed by atoms with Crippen molar-refractivity contribution < 1.29 is 26.3 Å². The Morgan fingerprint density at radius 2 is 1.96 bits per heavy atom. The number of ether oxygens (including phenoxy) is 1. The van der Waals surface area contributed by atoms with Crippen molar-refractivity contribution in [3.63, 3.8) is 0 Å². The number of benzene rings is 1. The van der Waals surface area contributed by atoms with Gasteiger partial charge in [-0.2, -0.15) is 13.2 Å². The number of nitrogens with zero attached hydrogens (tertiary/aromatic N) is 1. The van der Waals surface area contributed by atoms with Gasteiger partial charge < -0.3 is 4.74 Å². The van der Waals surface area contributed by atoms with Crippen molar-refractivity contribution in [1.82, 2.24) is 4.98 Å². The molecule has 0 bridgehead atoms. The molecule has 0 aliphatic carbocycles. The lowest BCUT2D eigenvalue weighted by Gasteiger charge is -2.37. The third-order valence-electron chi connectivity index (χ3n) is 5.04. The first-order valence-corrected chi connectivity index (χ1v) is 9.98. The fraction of sp³-hybridized carbons (Fsp3) is 0.421. The SMILES string of the molecule is Cc1cccnc1C1CC(C)(S(=O)(=O)c2cccc(C(F)(F)F)c2)CCO1. The van der Waals surface area contributed by atoms with Gasteiger partial charge >= 0.3 is 6.18 Å². The Morgan fingerprint density at radius 3 is 2.63 bits per heavy atom. The molecule has 2 aromatic rings. The van der Waals surface area contributed by atoms with E-state index in [2.05, 4.69) is 4.98 Å². The van der Waals surface area contributed by atoms with Crippen LogP contribution in [0.25, 0.3) is 0 Å². The fourth-order valence-corrected chi connectivity index (χ4v) is 5.18. The van der Waals surface area contributed by atoms with E-state index in [4.69, 9.17) is 4.74 Å². The second-order valence-corrected chi connectivity index (χ2v) is 9.46. The number of pyridine rings is 1. The molecule has 0 radical (unpaired) electrons. The predicted molar refractivity (Wildman–Crippen MR) is 93.9 cm³/mol. The highest BCUT2D eigenvalue weighted by atomic mass is 32.2. The van der Waals surface area contributed by atoms with E-state index in [0.717, 1.165) is 17.7 Å². The van der Waals surface area contributed by atoms with Crippen LogP contribution in [0.3, 0.4) is 0 Å². The minimum absolute atomic E-state index is 0.128. The summed E-state index contributed by atoms with van der Waals surface area (Å²) in [7, 11) is -4.01. The average Bonchev–Trinajstić information content (AvgIpc) is 2.61. The largest absolute Gasteiger partial charge is 0.416 e. The molecule has 8 heteroatoms. The van der Waals surface area contributed by atoms with E-state index in [1.54, 1.807) is 19.2 Å². The molecule has 1 saturated heterocycles. The van der Waals surface area contributed by atoms with Crippen LogP contribution < -0.4 is 0 Å². The molecule has 4 nitrogen and oxygen atoms in total. The molecular weight excluding hydrogens is 379 g/mol. The lowest BCUT2D eigenvalue weighted by atomic mass is 9.93. The topological polar surface area (TPSA) is 56.3 Å². The van der Waals surface area contributed by atoms with Crippen molar-refractivity contribution in [2.24, 2.45) is 0 Å². The highest BCUT2D eigenvalue weighted by Gasteiger charge is 2.46. The molecule has 0 amide bonds. The quantitative estimate of drug-likeness (QED) is 0.763. The second-order valence-electron chi connectivity index (χ2n) is 7.00. The maximum absolute atomic E-state index is 13.2. The van der Waals surface area contributed by atoms with Gasteiger partial charge in [0.2, 0.25) is 0 Å². The Bertz CT molecular complexity index is 943. The summed E-state index contributed by atoms with van der Waals surface area (Å²) in [5.41, 5.74) is 0.558. The Hall–Kier alpha value is -1.93. The minimum Gasteiger partial charge on any atom is -0.372 e. The Balaban J connectivity index is 1.97. The number of alkyl halides is 3. The van der Waals surface area contributed by atoms with Crippen LogP contribution in [0.1, 0.15) is 42.7 Å². The van der Waals surface area contributed by atoms with Crippen LogP contribution >= 0.6 is 0 Å². The van der Waals surface area contributed by atoms with Gasteiger partial charge in [0.05, 0.1) is 20.9 Å². The van der Waals surface area contributed by atoms with Gasteiger partial charge in [-0.05, 0) is 56.5 Å². The average molecular weight is 399 g/mol. The van der Waals surface area contributed by atoms with E-state index in [9.17, 15) is 21.6 Å². The zero-order valence-corrected chi connectivity index (χ0v) is 15.8. The van der Waals surface area contributed by atoms with Crippen molar-refractivity contribution in [2.75, 3.05) is 6.61 Å². The molecule has 2 heterocycles. The van der Waals surface area contributed by atoms with Gasteiger partial charge in [-0.15, -0.1) is 0 Å². The molecule has 0 saturated carbocycles. The molecule has 0 spiro atoms. The summed E-state index contributed by atoms with van der Waals surface area (Å²) >= 11 is 0. The van der Waals surface area contributed by atoms with E-state index in [0.29, 0.717) is 11.8 Å². The maximum atomic E-state index is 13.2. The lowest BCUT2D eigenvalue weighted by molar-refractivity contribution is -0.137. The van der Waals surface area contributed by atoms with E-state index in [1.165, 1.54) is 6.07 Å². The third-order valence-corrected chi connectivity index (χ3v) is 7.59. The standard InChI is InChI=1S/C19H20F3NO3S/c1-13-5-4-9-23-17(13)16-12-18(2,8-10-26-16)27(24,25)15-7-3-6-14(11-15)19(20,21)22/h3-7,9,11,16H,8,10,12H2,1-2H3. The zero-order chi connectivity index (χ0) is 19.9. The highest BCUT2D eigenvalue weighted by Crippen LogP contribution is 2.42. The highest BCUT2D eigenvalue weighted by molar-refractivity contribution is 7.92. The van der Waals surface area contributed by atoms with Gasteiger partial charge in [0.25, 0.3) is 0 Å². The van der Waals surface area contributed by atoms with E-state index >= 15 is 0 Å². The van der Waals surface area contributed by atoms with Gasteiger partial charge in [0.1, 0.15) is 6.10 Å². The van der Waals surface area contributed by atoms with Crippen molar-refractivity contribution in [3.05, 3.63) is 59.4 Å². The number of sulfone groups is 1. The van der Waals surface area contributed by atoms with Crippen LogP contribution in [0.15, 0.2) is 47.5 Å². The van der Waals surface area contributed by atoms with Crippen molar-refractivity contribution in [1.29, 1.82) is 0 Å². The van der Waals surface area contributed by atoms with Crippen molar-refractivity contribution in [2.45, 2.75) is 48.6 Å². The molecule has 146 valence electrons. The summed E-state index contributed by atoms with van der Waals surface area (Å²) in [5, 5.41) is 0. The molecule has 27 heavy (non-hydrogen) atoms. The fourth-order valence-electron chi connectivity index (χ4n) is 3.35. The molecular formula is C19H20F3NO3S. The smallest absolute Gasteiger partial charge is 0.372 e. The van der Waals surface area contributed by atoms with Crippen LogP contribution in [0.2, 0.25) is 0 Å². The summed E-state index contributed by atoms with van der Waals surface area (Å²) in [6.45, 7) is 3.62. The molecule has 2 unspecified atom stereocenters. The molecule has 1 aromatic heterocycles. The second kappa shape index (κ2) is 6.91. The number of aromatic nitrogens is 1. The summed E-state index contributed by atoms with van der Waals surface area (Å²) in [6.07, 6.45) is -3.18. The number of aryl methyl sites for hydroxylation is 1. The molecule has 1 aliphatic heterocycles. The molecule has 1 aromatic carbocycles. The van der Waals surface area contributed by atoms with Crippen LogP contribution in [0, 0.1) is 6.92 Å². The van der Waals surface area contributed by atoms with Crippen LogP contribution in [-0.2, 0) is 20.8 Å². The molecule has 2 atom stereocenters. The monoisotopic (exact) mass is 399 g/mol. The Labute approximate surface area is 156 Å². The maximum Gasteiger partial charge on any atom is 0.416 e. The number of rotatable bonds is 3. The summed E-state index contributed by atoms with van der Waals surface area (Å²) in [6, 6.07) is 7.55. The Morgan fingerprint density at radius 1 is 1.22 bits per heavy atom. The predicted octanol–water partition coefficient (Wildman–Crippen LogP) is 4.49. The minimum atomic E-state index is -4.60.